The number of amides is 1. The number of rotatable bonds is 3. The molecule has 0 unspecified atom stereocenters. The van der Waals surface area contributed by atoms with Crippen molar-refractivity contribution in [2.75, 3.05) is 19.7 Å². The highest BCUT2D eigenvalue weighted by Crippen LogP contribution is 2.26. The Bertz CT molecular complexity index is 835. The van der Waals surface area contributed by atoms with Crippen LogP contribution in [0.3, 0.4) is 0 Å². The first-order chi connectivity index (χ1) is 12.0. The van der Waals surface area contributed by atoms with Gasteiger partial charge in [-0.25, -0.2) is 14.3 Å². The first-order valence-corrected chi connectivity index (χ1v) is 8.78. The third-order valence-electron chi connectivity index (χ3n) is 4.74. The predicted octanol–water partition coefficient (Wildman–Crippen LogP) is 2.46. The van der Waals surface area contributed by atoms with Crippen LogP contribution in [-0.2, 0) is 4.74 Å². The number of ether oxygens (including phenoxy) is 1. The van der Waals surface area contributed by atoms with Crippen molar-refractivity contribution in [2.45, 2.75) is 47.0 Å². The number of carbonyl (C=O) groups is 2. The number of fused-ring (bicyclic) bond motifs is 1. The van der Waals surface area contributed by atoms with E-state index >= 15 is 0 Å². The summed E-state index contributed by atoms with van der Waals surface area (Å²) in [6.07, 6.45) is 3.09. The van der Waals surface area contributed by atoms with E-state index in [2.05, 4.69) is 10.1 Å². The Labute approximate surface area is 147 Å². The number of carbonyl (C=O) groups excluding carboxylic acids is 2. The summed E-state index contributed by atoms with van der Waals surface area (Å²) in [5.74, 6) is -0.658. The molecular formula is C18H24N4O3. The smallest absolute Gasteiger partial charge is 0.340 e. The van der Waals surface area contributed by atoms with Crippen molar-refractivity contribution in [2.24, 2.45) is 0 Å². The van der Waals surface area contributed by atoms with Crippen molar-refractivity contribution < 1.29 is 14.3 Å². The number of likely N-dealkylation sites (tertiary alicyclic amines) is 1. The minimum atomic E-state index is -0.497. The van der Waals surface area contributed by atoms with Crippen LogP contribution < -0.4 is 0 Å². The fourth-order valence-electron chi connectivity index (χ4n) is 3.26. The zero-order chi connectivity index (χ0) is 18.1. The molecule has 1 amide bonds. The summed E-state index contributed by atoms with van der Waals surface area (Å²) in [5, 5.41) is 4.50. The largest absolute Gasteiger partial charge is 0.462 e. The fraction of sp³-hybridized carbons (Fsp3) is 0.556. The molecule has 0 radical (unpaired) electrons. The number of nitrogens with zero attached hydrogens (tertiary/aromatic N) is 4. The number of hydrogen-bond acceptors (Lipinski definition) is 5. The molecule has 2 aromatic rings. The normalized spacial score (nSPS) is 14.8. The first-order valence-electron chi connectivity index (χ1n) is 8.78. The molecule has 0 bridgehead atoms. The van der Waals surface area contributed by atoms with Gasteiger partial charge in [-0.2, -0.15) is 5.10 Å². The molecule has 0 aromatic carbocycles. The van der Waals surface area contributed by atoms with Gasteiger partial charge in [0.05, 0.1) is 29.3 Å². The third-order valence-corrected chi connectivity index (χ3v) is 4.74. The maximum atomic E-state index is 13.2. The van der Waals surface area contributed by atoms with E-state index in [1.165, 1.54) is 0 Å². The Kier molecular flexibility index (Phi) is 4.74. The van der Waals surface area contributed by atoms with Gasteiger partial charge in [0.15, 0.2) is 5.65 Å². The van der Waals surface area contributed by atoms with Crippen LogP contribution in [0.2, 0.25) is 0 Å². The maximum Gasteiger partial charge on any atom is 0.340 e. The van der Waals surface area contributed by atoms with E-state index < -0.39 is 5.97 Å². The molecule has 7 nitrogen and oxygen atoms in total. The van der Waals surface area contributed by atoms with Gasteiger partial charge in [-0.1, -0.05) is 0 Å². The van der Waals surface area contributed by atoms with Crippen molar-refractivity contribution in [3.8, 4) is 0 Å². The average molecular weight is 344 g/mol. The summed E-state index contributed by atoms with van der Waals surface area (Å²) in [6.45, 7) is 8.89. The Morgan fingerprint density at radius 2 is 1.72 bits per heavy atom. The van der Waals surface area contributed by atoms with Crippen molar-refractivity contribution in [3.05, 3.63) is 28.2 Å². The second-order valence-electron chi connectivity index (χ2n) is 6.43. The fourth-order valence-corrected chi connectivity index (χ4v) is 3.26. The highest BCUT2D eigenvalue weighted by molar-refractivity contribution is 6.10. The van der Waals surface area contributed by atoms with Gasteiger partial charge < -0.3 is 9.64 Å². The third kappa shape index (κ3) is 2.99. The predicted molar refractivity (Wildman–Crippen MR) is 92.9 cm³/mol. The summed E-state index contributed by atoms with van der Waals surface area (Å²) in [4.78, 5) is 32.1. The monoisotopic (exact) mass is 344 g/mol. The quantitative estimate of drug-likeness (QED) is 0.800. The molecule has 1 aliphatic rings. The van der Waals surface area contributed by atoms with Gasteiger partial charge in [0, 0.05) is 13.1 Å². The second-order valence-corrected chi connectivity index (χ2v) is 6.43. The Morgan fingerprint density at radius 1 is 1.04 bits per heavy atom. The first kappa shape index (κ1) is 17.4. The summed E-state index contributed by atoms with van der Waals surface area (Å²) >= 11 is 0. The van der Waals surface area contributed by atoms with Gasteiger partial charge in [0.25, 0.3) is 5.91 Å². The van der Waals surface area contributed by atoms with Gasteiger partial charge in [-0.3, -0.25) is 4.79 Å². The Morgan fingerprint density at radius 3 is 2.36 bits per heavy atom. The molecular weight excluding hydrogens is 320 g/mol. The molecule has 0 spiro atoms. The van der Waals surface area contributed by atoms with Crippen LogP contribution >= 0.6 is 0 Å². The van der Waals surface area contributed by atoms with Crippen LogP contribution in [0.25, 0.3) is 5.65 Å². The number of aryl methyl sites for hydroxylation is 3. The highest BCUT2D eigenvalue weighted by atomic mass is 16.5. The minimum absolute atomic E-state index is 0.161. The van der Waals surface area contributed by atoms with Gasteiger partial charge >= 0.3 is 5.97 Å². The molecule has 3 rings (SSSR count). The van der Waals surface area contributed by atoms with Crippen molar-refractivity contribution >= 4 is 17.5 Å². The molecule has 3 heterocycles. The van der Waals surface area contributed by atoms with Gasteiger partial charge in [-0.15, -0.1) is 0 Å². The molecule has 0 aliphatic carbocycles. The zero-order valence-electron chi connectivity index (χ0n) is 15.3. The van der Waals surface area contributed by atoms with Crippen LogP contribution in [0, 0.1) is 20.8 Å². The summed E-state index contributed by atoms with van der Waals surface area (Å²) in [7, 11) is 0. The maximum absolute atomic E-state index is 13.2. The topological polar surface area (TPSA) is 76.8 Å². The number of hydrogen-bond donors (Lipinski definition) is 0. The van der Waals surface area contributed by atoms with Crippen LogP contribution in [0.4, 0.5) is 0 Å². The van der Waals surface area contributed by atoms with Crippen molar-refractivity contribution in [1.82, 2.24) is 19.5 Å². The van der Waals surface area contributed by atoms with Gasteiger partial charge in [0.2, 0.25) is 0 Å². The molecule has 25 heavy (non-hydrogen) atoms. The average Bonchev–Trinajstić information content (AvgIpc) is 2.88. The summed E-state index contributed by atoms with van der Waals surface area (Å²) < 4.78 is 6.79. The standard InChI is InChI=1S/C18H24N4O3/c1-5-25-18(24)14-13(4)22-16(19-11(2)12(3)20-22)15(14)17(23)21-9-7-6-8-10-21/h5-10H2,1-4H3. The van der Waals surface area contributed by atoms with Crippen LogP contribution in [-0.4, -0.2) is 51.1 Å². The SMILES string of the molecule is CCOC(=O)c1c(C(=O)N2CCCCC2)c2nc(C)c(C)nn2c1C. The van der Waals surface area contributed by atoms with E-state index in [-0.39, 0.29) is 18.1 Å². The van der Waals surface area contributed by atoms with E-state index in [4.69, 9.17) is 4.74 Å². The van der Waals surface area contributed by atoms with Crippen LogP contribution in [0.1, 0.15) is 64.0 Å². The van der Waals surface area contributed by atoms with E-state index in [1.807, 2.05) is 13.8 Å². The van der Waals surface area contributed by atoms with E-state index in [9.17, 15) is 9.59 Å². The second kappa shape index (κ2) is 6.82. The lowest BCUT2D eigenvalue weighted by atomic mass is 10.1. The van der Waals surface area contributed by atoms with Crippen LogP contribution in [0.5, 0.6) is 0 Å². The number of esters is 1. The molecule has 1 fully saturated rings. The van der Waals surface area contributed by atoms with E-state index in [0.717, 1.165) is 30.7 Å². The van der Waals surface area contributed by atoms with E-state index in [1.54, 1.807) is 23.3 Å². The van der Waals surface area contributed by atoms with E-state index in [0.29, 0.717) is 30.0 Å². The minimum Gasteiger partial charge on any atom is -0.462 e. The van der Waals surface area contributed by atoms with Crippen molar-refractivity contribution in [3.63, 3.8) is 0 Å². The van der Waals surface area contributed by atoms with Crippen molar-refractivity contribution in [1.29, 1.82) is 0 Å². The Hall–Kier alpha value is -2.44. The number of piperidine rings is 1. The van der Waals surface area contributed by atoms with Gasteiger partial charge in [0.1, 0.15) is 5.56 Å². The lowest BCUT2D eigenvalue weighted by Gasteiger charge is -2.26. The molecule has 0 saturated carbocycles. The lowest BCUT2D eigenvalue weighted by molar-refractivity contribution is 0.0517. The van der Waals surface area contributed by atoms with Crippen LogP contribution in [0.15, 0.2) is 0 Å². The van der Waals surface area contributed by atoms with Gasteiger partial charge in [-0.05, 0) is 47.0 Å². The lowest BCUT2D eigenvalue weighted by Crippen LogP contribution is -2.36. The molecule has 7 heteroatoms. The summed E-state index contributed by atoms with van der Waals surface area (Å²) in [5.41, 5.74) is 3.12. The Balaban J connectivity index is 2.22. The molecule has 0 N–H and O–H groups in total. The summed E-state index contributed by atoms with van der Waals surface area (Å²) in [6, 6.07) is 0. The molecule has 2 aromatic heterocycles. The molecule has 1 saturated heterocycles. The zero-order valence-corrected chi connectivity index (χ0v) is 15.3. The molecule has 134 valence electrons. The highest BCUT2D eigenvalue weighted by Gasteiger charge is 2.32. The molecule has 1 aliphatic heterocycles. The molecule has 0 atom stereocenters. The number of aromatic nitrogens is 3.